The average Bonchev–Trinajstić information content (AvgIpc) is 2.21. The summed E-state index contributed by atoms with van der Waals surface area (Å²) in [6, 6.07) is -0.000102. The maximum Gasteiger partial charge on any atom is 0.303 e. The van der Waals surface area contributed by atoms with Crippen LogP contribution in [0.5, 0.6) is 0 Å². The second-order valence-corrected chi connectivity index (χ2v) is 4.12. The van der Waals surface area contributed by atoms with Gasteiger partial charge in [0.05, 0.1) is 6.04 Å². The van der Waals surface area contributed by atoms with Crippen molar-refractivity contribution >= 4 is 11.9 Å². The lowest BCUT2D eigenvalue weighted by Gasteiger charge is -2.31. The number of carboxylic acid groups (broad SMARTS) is 1. The van der Waals surface area contributed by atoms with Gasteiger partial charge in [0.25, 0.3) is 0 Å². The van der Waals surface area contributed by atoms with Crippen molar-refractivity contribution in [2.75, 3.05) is 13.6 Å². The molecule has 0 saturated heterocycles. The van der Waals surface area contributed by atoms with E-state index in [0.29, 0.717) is 13.0 Å². The van der Waals surface area contributed by atoms with Gasteiger partial charge in [0.1, 0.15) is 0 Å². The Bertz CT molecular complexity index is 241. The topological polar surface area (TPSA) is 69.6 Å². The maximum atomic E-state index is 11.5. The first-order chi connectivity index (χ1) is 7.40. The molecule has 0 aromatic carbocycles. The summed E-state index contributed by atoms with van der Waals surface area (Å²) < 4.78 is 0. The first kappa shape index (κ1) is 14.9. The Balaban J connectivity index is 4.26. The van der Waals surface area contributed by atoms with E-state index in [-0.39, 0.29) is 24.4 Å². The van der Waals surface area contributed by atoms with Crippen LogP contribution in [0.25, 0.3) is 0 Å². The Labute approximate surface area is 96.8 Å². The molecule has 0 heterocycles. The molecule has 2 N–H and O–H groups in total. The Kier molecular flexibility index (Phi) is 6.72. The minimum atomic E-state index is -0.795. The monoisotopic (exact) mass is 230 g/mol. The number of nitrogens with one attached hydrogen (secondary N) is 1. The summed E-state index contributed by atoms with van der Waals surface area (Å²) in [6.45, 7) is 6.46. The van der Waals surface area contributed by atoms with Gasteiger partial charge in [-0.2, -0.15) is 0 Å². The third-order valence-corrected chi connectivity index (χ3v) is 2.59. The number of aliphatic carboxylic acids is 1. The predicted molar refractivity (Wildman–Crippen MR) is 62.2 cm³/mol. The Hall–Kier alpha value is -1.10. The van der Waals surface area contributed by atoms with Gasteiger partial charge in [-0.25, -0.2) is 0 Å². The molecule has 5 heteroatoms. The number of hydrogen-bond donors (Lipinski definition) is 2. The minimum Gasteiger partial charge on any atom is -0.481 e. The highest BCUT2D eigenvalue weighted by atomic mass is 16.4. The van der Waals surface area contributed by atoms with Gasteiger partial charge < -0.3 is 10.4 Å². The smallest absolute Gasteiger partial charge is 0.303 e. The molecule has 0 fully saturated rings. The lowest BCUT2D eigenvalue weighted by molar-refractivity contribution is -0.137. The van der Waals surface area contributed by atoms with Crippen LogP contribution < -0.4 is 5.32 Å². The molecule has 0 rings (SSSR count). The largest absolute Gasteiger partial charge is 0.481 e. The van der Waals surface area contributed by atoms with E-state index in [1.54, 1.807) is 7.05 Å². The summed E-state index contributed by atoms with van der Waals surface area (Å²) in [5.41, 5.74) is 0. The summed E-state index contributed by atoms with van der Waals surface area (Å²) in [5, 5.41) is 11.2. The average molecular weight is 230 g/mol. The fourth-order valence-electron chi connectivity index (χ4n) is 1.67. The molecule has 5 nitrogen and oxygen atoms in total. The van der Waals surface area contributed by atoms with E-state index in [1.165, 1.54) is 0 Å². The second kappa shape index (κ2) is 7.22. The van der Waals surface area contributed by atoms with E-state index >= 15 is 0 Å². The van der Waals surface area contributed by atoms with Crippen LogP contribution in [-0.4, -0.2) is 47.6 Å². The first-order valence-corrected chi connectivity index (χ1v) is 5.59. The number of carboxylic acids is 1. The summed E-state index contributed by atoms with van der Waals surface area (Å²) >= 11 is 0. The van der Waals surface area contributed by atoms with E-state index < -0.39 is 5.97 Å². The Morgan fingerprint density at radius 2 is 1.88 bits per heavy atom. The molecular formula is C11H22N2O3. The molecule has 16 heavy (non-hydrogen) atoms. The normalized spacial score (nSPS) is 12.9. The van der Waals surface area contributed by atoms with E-state index in [9.17, 15) is 9.59 Å². The molecule has 0 aliphatic rings. The Morgan fingerprint density at radius 3 is 2.25 bits per heavy atom. The number of carbonyl (C=O) groups is 2. The zero-order chi connectivity index (χ0) is 12.7. The number of hydrogen-bond acceptors (Lipinski definition) is 3. The van der Waals surface area contributed by atoms with Crippen molar-refractivity contribution < 1.29 is 14.7 Å². The number of nitrogens with zero attached hydrogens (tertiary/aromatic N) is 1. The molecule has 0 aromatic heterocycles. The summed E-state index contributed by atoms with van der Waals surface area (Å²) in [4.78, 5) is 23.9. The van der Waals surface area contributed by atoms with Gasteiger partial charge in [-0.15, -0.1) is 0 Å². The maximum absolute atomic E-state index is 11.5. The highest BCUT2D eigenvalue weighted by Crippen LogP contribution is 2.07. The standard InChI is InChI=1S/C11H22N2O3/c1-8(2)13(7-5-6-10(14)15)9(3)11(16)12-4/h8-9H,5-7H2,1-4H3,(H,12,16)(H,14,15). The van der Waals surface area contributed by atoms with Crippen molar-refractivity contribution in [3.8, 4) is 0 Å². The molecule has 0 saturated carbocycles. The van der Waals surface area contributed by atoms with Crippen molar-refractivity contribution in [3.63, 3.8) is 0 Å². The van der Waals surface area contributed by atoms with Gasteiger partial charge >= 0.3 is 5.97 Å². The van der Waals surface area contributed by atoms with Gasteiger partial charge in [-0.1, -0.05) is 0 Å². The lowest BCUT2D eigenvalue weighted by atomic mass is 10.1. The molecule has 94 valence electrons. The second-order valence-electron chi connectivity index (χ2n) is 4.12. The highest BCUT2D eigenvalue weighted by molar-refractivity contribution is 5.81. The van der Waals surface area contributed by atoms with Gasteiger partial charge in [-0.05, 0) is 33.7 Å². The van der Waals surface area contributed by atoms with Crippen molar-refractivity contribution in [2.45, 2.75) is 45.7 Å². The van der Waals surface area contributed by atoms with E-state index in [2.05, 4.69) is 5.32 Å². The summed E-state index contributed by atoms with van der Waals surface area (Å²) in [6.07, 6.45) is 0.707. The van der Waals surface area contributed by atoms with Crippen LogP contribution in [-0.2, 0) is 9.59 Å². The summed E-state index contributed by atoms with van der Waals surface area (Å²) in [5.74, 6) is -0.833. The number of amides is 1. The molecule has 1 unspecified atom stereocenters. The van der Waals surface area contributed by atoms with Crippen LogP contribution in [0.4, 0.5) is 0 Å². The highest BCUT2D eigenvalue weighted by Gasteiger charge is 2.22. The number of rotatable bonds is 7. The zero-order valence-electron chi connectivity index (χ0n) is 10.5. The van der Waals surface area contributed by atoms with Gasteiger partial charge in [0.2, 0.25) is 5.91 Å². The number of likely N-dealkylation sites (N-methyl/N-ethyl adjacent to an activating group) is 1. The quantitative estimate of drug-likeness (QED) is 0.675. The molecule has 1 amide bonds. The molecule has 0 aliphatic heterocycles. The Morgan fingerprint density at radius 1 is 1.31 bits per heavy atom. The molecule has 0 aromatic rings. The van der Waals surface area contributed by atoms with Gasteiger partial charge in [0.15, 0.2) is 0 Å². The van der Waals surface area contributed by atoms with Crippen LogP contribution in [0.1, 0.15) is 33.6 Å². The molecule has 0 radical (unpaired) electrons. The van der Waals surface area contributed by atoms with E-state index in [0.717, 1.165) is 0 Å². The molecule has 0 aliphatic carbocycles. The molecule has 1 atom stereocenters. The van der Waals surface area contributed by atoms with Crippen molar-refractivity contribution in [2.24, 2.45) is 0 Å². The van der Waals surface area contributed by atoms with Crippen LogP contribution in [0.15, 0.2) is 0 Å². The SMILES string of the molecule is CNC(=O)C(C)N(CCCC(=O)O)C(C)C. The first-order valence-electron chi connectivity index (χ1n) is 5.59. The van der Waals surface area contributed by atoms with Crippen molar-refractivity contribution in [1.29, 1.82) is 0 Å². The van der Waals surface area contributed by atoms with Crippen molar-refractivity contribution in [3.05, 3.63) is 0 Å². The fraction of sp³-hybridized carbons (Fsp3) is 0.818. The predicted octanol–water partition coefficient (Wildman–Crippen LogP) is 0.696. The van der Waals surface area contributed by atoms with Crippen LogP contribution in [0.3, 0.4) is 0 Å². The van der Waals surface area contributed by atoms with Gasteiger partial charge in [-0.3, -0.25) is 14.5 Å². The third-order valence-electron chi connectivity index (χ3n) is 2.59. The van der Waals surface area contributed by atoms with Crippen LogP contribution in [0, 0.1) is 0 Å². The molecule has 0 spiro atoms. The minimum absolute atomic E-state index is 0.0379. The summed E-state index contributed by atoms with van der Waals surface area (Å²) in [7, 11) is 1.61. The fourth-order valence-corrected chi connectivity index (χ4v) is 1.67. The van der Waals surface area contributed by atoms with E-state index in [4.69, 9.17) is 5.11 Å². The van der Waals surface area contributed by atoms with Crippen molar-refractivity contribution in [1.82, 2.24) is 10.2 Å². The van der Waals surface area contributed by atoms with Gasteiger partial charge in [0, 0.05) is 19.5 Å². The third kappa shape index (κ3) is 5.11. The van der Waals surface area contributed by atoms with Crippen LogP contribution in [0.2, 0.25) is 0 Å². The van der Waals surface area contributed by atoms with E-state index in [1.807, 2.05) is 25.7 Å². The number of carbonyl (C=O) groups excluding carboxylic acids is 1. The zero-order valence-corrected chi connectivity index (χ0v) is 10.5. The molecular weight excluding hydrogens is 208 g/mol. The van der Waals surface area contributed by atoms with Crippen LogP contribution >= 0.6 is 0 Å². The molecule has 0 bridgehead atoms. The lowest BCUT2D eigenvalue weighted by Crippen LogP contribution is -2.47.